The highest BCUT2D eigenvalue weighted by Crippen LogP contribution is 2.39. The van der Waals surface area contributed by atoms with Gasteiger partial charge in [-0.3, -0.25) is 9.63 Å². The van der Waals surface area contributed by atoms with Crippen LogP contribution in [0.15, 0.2) is 30.3 Å². The molecule has 1 aliphatic heterocycles. The monoisotopic (exact) mass is 379 g/mol. The van der Waals surface area contributed by atoms with Gasteiger partial charge >= 0.3 is 11.9 Å². The van der Waals surface area contributed by atoms with Crippen LogP contribution in [0, 0.1) is 0 Å². The molecule has 2 atom stereocenters. The van der Waals surface area contributed by atoms with Gasteiger partial charge in [-0.05, 0) is 32.8 Å². The Labute approximate surface area is 160 Å². The van der Waals surface area contributed by atoms with Gasteiger partial charge in [0, 0.05) is 12.8 Å². The van der Waals surface area contributed by atoms with Crippen molar-refractivity contribution >= 4 is 11.9 Å². The van der Waals surface area contributed by atoms with Gasteiger partial charge < -0.3 is 14.2 Å². The maximum atomic E-state index is 12.8. The van der Waals surface area contributed by atoms with Gasteiger partial charge in [0.25, 0.3) is 0 Å². The Kier molecular flexibility index (Phi) is 6.97. The minimum absolute atomic E-state index is 0.0719. The maximum Gasteiger partial charge on any atom is 0.328 e. The van der Waals surface area contributed by atoms with E-state index in [-0.39, 0.29) is 19.3 Å². The van der Waals surface area contributed by atoms with Gasteiger partial charge in [0.2, 0.25) is 0 Å². The van der Waals surface area contributed by atoms with Gasteiger partial charge in [-0.15, -0.1) is 0 Å². The molecule has 1 aromatic rings. The van der Waals surface area contributed by atoms with E-state index in [2.05, 4.69) is 0 Å². The first-order valence-electron chi connectivity index (χ1n) is 9.01. The fourth-order valence-electron chi connectivity index (χ4n) is 3.17. The minimum Gasteiger partial charge on any atom is -0.469 e. The Balaban J connectivity index is 2.32. The van der Waals surface area contributed by atoms with Crippen molar-refractivity contribution in [3.05, 3.63) is 35.9 Å². The molecular weight excluding hydrogens is 350 g/mol. The van der Waals surface area contributed by atoms with E-state index in [1.165, 1.54) is 14.2 Å². The molecule has 0 bridgehead atoms. The van der Waals surface area contributed by atoms with E-state index in [1.54, 1.807) is 5.06 Å². The van der Waals surface area contributed by atoms with E-state index in [4.69, 9.17) is 19.0 Å². The molecule has 0 aromatic heterocycles. The molecular formula is C20H29NO6. The zero-order chi connectivity index (χ0) is 20.1. The predicted octanol–water partition coefficient (Wildman–Crippen LogP) is 2.83. The average Bonchev–Trinajstić information content (AvgIpc) is 2.95. The molecule has 7 nitrogen and oxygen atoms in total. The van der Waals surface area contributed by atoms with Gasteiger partial charge in [0.15, 0.2) is 6.29 Å². The van der Waals surface area contributed by atoms with Gasteiger partial charge in [0.05, 0.1) is 26.4 Å². The standard InChI is InChI=1S/C20H29NO6/c1-19(2,3)26-17-13-20(18(23)25-5,12-11-16(22)24-4)21(27-17)14-15-9-7-6-8-10-15/h6-10,17H,11-14H2,1-5H3/t17-,20+/m0/s1. The van der Waals surface area contributed by atoms with Crippen LogP contribution in [0.3, 0.4) is 0 Å². The molecule has 150 valence electrons. The summed E-state index contributed by atoms with van der Waals surface area (Å²) in [7, 11) is 2.66. The van der Waals surface area contributed by atoms with Crippen LogP contribution in [-0.4, -0.2) is 48.7 Å². The van der Waals surface area contributed by atoms with Gasteiger partial charge in [-0.25, -0.2) is 4.79 Å². The number of esters is 2. The molecule has 0 N–H and O–H groups in total. The molecule has 0 spiro atoms. The SMILES string of the molecule is COC(=O)CC[C@]1(C(=O)OC)C[C@@H](OC(C)(C)C)ON1Cc1ccccc1. The number of carbonyl (C=O) groups excluding carboxylic acids is 2. The summed E-state index contributed by atoms with van der Waals surface area (Å²) in [4.78, 5) is 30.5. The van der Waals surface area contributed by atoms with E-state index in [1.807, 2.05) is 51.1 Å². The molecule has 0 aliphatic carbocycles. The van der Waals surface area contributed by atoms with Crippen molar-refractivity contribution in [3.63, 3.8) is 0 Å². The summed E-state index contributed by atoms with van der Waals surface area (Å²) in [6, 6.07) is 9.66. The fourth-order valence-corrected chi connectivity index (χ4v) is 3.17. The van der Waals surface area contributed by atoms with Crippen molar-refractivity contribution in [1.82, 2.24) is 5.06 Å². The summed E-state index contributed by atoms with van der Waals surface area (Å²) in [5.74, 6) is -0.847. The molecule has 27 heavy (non-hydrogen) atoms. The minimum atomic E-state index is -1.13. The maximum absolute atomic E-state index is 12.8. The molecule has 1 heterocycles. The molecule has 0 amide bonds. The molecule has 0 unspecified atom stereocenters. The Morgan fingerprint density at radius 3 is 2.41 bits per heavy atom. The topological polar surface area (TPSA) is 74.3 Å². The second-order valence-electron chi connectivity index (χ2n) is 7.59. The van der Waals surface area contributed by atoms with Crippen molar-refractivity contribution in [2.24, 2.45) is 0 Å². The second-order valence-corrected chi connectivity index (χ2v) is 7.59. The first-order chi connectivity index (χ1) is 12.7. The number of ether oxygens (including phenoxy) is 3. The molecule has 0 saturated carbocycles. The smallest absolute Gasteiger partial charge is 0.328 e. The summed E-state index contributed by atoms with van der Waals surface area (Å²) in [6.45, 7) is 6.13. The normalized spacial score (nSPS) is 23.2. The first-order valence-corrected chi connectivity index (χ1v) is 9.01. The lowest BCUT2D eigenvalue weighted by Crippen LogP contribution is -2.50. The number of hydrogen-bond acceptors (Lipinski definition) is 7. The molecule has 7 heteroatoms. The van der Waals surface area contributed by atoms with E-state index in [0.717, 1.165) is 5.56 Å². The highest BCUT2D eigenvalue weighted by atomic mass is 16.8. The molecule has 1 saturated heterocycles. The lowest BCUT2D eigenvalue weighted by atomic mass is 9.89. The number of rotatable bonds is 7. The number of hydroxylamine groups is 2. The van der Waals surface area contributed by atoms with Crippen LogP contribution >= 0.6 is 0 Å². The molecule has 2 rings (SSSR count). The van der Waals surface area contributed by atoms with Crippen LogP contribution in [-0.2, 0) is 35.2 Å². The van der Waals surface area contributed by atoms with Crippen LogP contribution in [0.5, 0.6) is 0 Å². The molecule has 1 aliphatic rings. The first kappa shape index (κ1) is 21.3. The fraction of sp³-hybridized carbons (Fsp3) is 0.600. The average molecular weight is 379 g/mol. The highest BCUT2D eigenvalue weighted by molar-refractivity contribution is 5.82. The number of hydrogen-bond donors (Lipinski definition) is 0. The summed E-state index contributed by atoms with van der Waals surface area (Å²) in [5, 5.41) is 1.59. The summed E-state index contributed by atoms with van der Waals surface area (Å²) < 4.78 is 15.8. The van der Waals surface area contributed by atoms with E-state index in [9.17, 15) is 9.59 Å². The lowest BCUT2D eigenvalue weighted by molar-refractivity contribution is -0.277. The lowest BCUT2D eigenvalue weighted by Gasteiger charge is -2.33. The Hall–Kier alpha value is -1.96. The van der Waals surface area contributed by atoms with Crippen LogP contribution < -0.4 is 0 Å². The van der Waals surface area contributed by atoms with Gasteiger partial charge in [0.1, 0.15) is 5.54 Å². The Bertz CT molecular complexity index is 642. The Morgan fingerprint density at radius 1 is 1.19 bits per heavy atom. The van der Waals surface area contributed by atoms with E-state index >= 15 is 0 Å². The summed E-state index contributed by atoms with van der Waals surface area (Å²) >= 11 is 0. The third kappa shape index (κ3) is 5.51. The largest absolute Gasteiger partial charge is 0.469 e. The predicted molar refractivity (Wildman–Crippen MR) is 98.3 cm³/mol. The van der Waals surface area contributed by atoms with Crippen molar-refractivity contribution in [3.8, 4) is 0 Å². The van der Waals surface area contributed by atoms with Crippen molar-refractivity contribution in [2.75, 3.05) is 14.2 Å². The third-order valence-electron chi connectivity index (χ3n) is 4.42. The molecule has 1 aromatic carbocycles. The van der Waals surface area contributed by atoms with Crippen LogP contribution in [0.4, 0.5) is 0 Å². The number of nitrogens with zero attached hydrogens (tertiary/aromatic N) is 1. The van der Waals surface area contributed by atoms with Crippen molar-refractivity contribution in [2.45, 2.75) is 64.0 Å². The van der Waals surface area contributed by atoms with Crippen LogP contribution in [0.2, 0.25) is 0 Å². The molecule has 1 fully saturated rings. The van der Waals surface area contributed by atoms with Gasteiger partial charge in [-0.1, -0.05) is 30.3 Å². The zero-order valence-electron chi connectivity index (χ0n) is 16.7. The van der Waals surface area contributed by atoms with Crippen LogP contribution in [0.25, 0.3) is 0 Å². The molecule has 0 radical (unpaired) electrons. The van der Waals surface area contributed by atoms with Crippen molar-refractivity contribution in [1.29, 1.82) is 0 Å². The zero-order valence-corrected chi connectivity index (χ0v) is 16.7. The summed E-state index contributed by atoms with van der Waals surface area (Å²) in [6.07, 6.45) is -0.0719. The number of methoxy groups -OCH3 is 2. The van der Waals surface area contributed by atoms with Crippen molar-refractivity contribution < 1.29 is 28.6 Å². The van der Waals surface area contributed by atoms with Gasteiger partial charge in [-0.2, -0.15) is 5.06 Å². The van der Waals surface area contributed by atoms with E-state index < -0.39 is 29.4 Å². The highest BCUT2D eigenvalue weighted by Gasteiger charge is 2.54. The number of carbonyl (C=O) groups is 2. The Morgan fingerprint density at radius 2 is 1.85 bits per heavy atom. The van der Waals surface area contributed by atoms with Crippen LogP contribution in [0.1, 0.15) is 45.6 Å². The second kappa shape index (κ2) is 8.82. The van der Waals surface area contributed by atoms with E-state index in [0.29, 0.717) is 6.54 Å². The number of benzene rings is 1. The summed E-state index contributed by atoms with van der Waals surface area (Å²) in [5.41, 5.74) is -0.605. The third-order valence-corrected chi connectivity index (χ3v) is 4.42. The quantitative estimate of drug-likeness (QED) is 0.674.